The van der Waals surface area contributed by atoms with Gasteiger partial charge in [0.1, 0.15) is 0 Å². The van der Waals surface area contributed by atoms with Crippen LogP contribution in [0, 0.1) is 0 Å². The maximum atomic E-state index is 4.85. The maximum absolute atomic E-state index is 4.85. The summed E-state index contributed by atoms with van der Waals surface area (Å²) < 4.78 is 4.31. The highest BCUT2D eigenvalue weighted by Crippen LogP contribution is 2.37. The largest absolute Gasteiger partial charge is 0.369 e. The van der Waals surface area contributed by atoms with Crippen LogP contribution in [0.25, 0.3) is 5.65 Å². The number of hydrogen-bond acceptors (Lipinski definition) is 5. The minimum absolute atomic E-state index is 0.113. The second-order valence-corrected chi connectivity index (χ2v) is 8.56. The average molecular weight is 396 g/mol. The molecule has 0 bridgehead atoms. The molecule has 1 fully saturated rings. The second kappa shape index (κ2) is 8.13. The summed E-state index contributed by atoms with van der Waals surface area (Å²) in [6.45, 7) is 8.96. The van der Waals surface area contributed by atoms with Crippen LogP contribution in [-0.4, -0.2) is 51.3 Å². The zero-order valence-corrected chi connectivity index (χ0v) is 17.8. The van der Waals surface area contributed by atoms with Gasteiger partial charge in [0.05, 0.1) is 5.69 Å². The van der Waals surface area contributed by atoms with E-state index in [-0.39, 0.29) is 5.41 Å². The van der Waals surface area contributed by atoms with E-state index in [9.17, 15) is 0 Å². The Kier molecular flexibility index (Phi) is 5.60. The summed E-state index contributed by atoms with van der Waals surface area (Å²) in [6, 6.07) is 13.2. The van der Waals surface area contributed by atoms with Crippen molar-refractivity contribution >= 4 is 23.3 Å². The van der Waals surface area contributed by atoms with Crippen LogP contribution < -0.4 is 4.90 Å². The van der Waals surface area contributed by atoms with Gasteiger partial charge >= 0.3 is 0 Å². The van der Waals surface area contributed by atoms with Gasteiger partial charge in [0.25, 0.3) is 0 Å². The van der Waals surface area contributed by atoms with Crippen LogP contribution in [-0.2, 0) is 5.41 Å². The number of anilines is 1. The average Bonchev–Trinajstić information content (AvgIpc) is 3.19. The van der Waals surface area contributed by atoms with Gasteiger partial charge in [-0.15, -0.1) is 0 Å². The van der Waals surface area contributed by atoms with Gasteiger partial charge in [-0.25, -0.2) is 13.8 Å². The topological polar surface area (TPSA) is 36.7 Å². The van der Waals surface area contributed by atoms with Gasteiger partial charge in [-0.2, -0.15) is 5.10 Å². The van der Waals surface area contributed by atoms with Gasteiger partial charge in [-0.05, 0) is 43.4 Å². The summed E-state index contributed by atoms with van der Waals surface area (Å²) in [7, 11) is 0. The Morgan fingerprint density at radius 3 is 2.50 bits per heavy atom. The molecule has 3 heterocycles. The van der Waals surface area contributed by atoms with E-state index in [2.05, 4.69) is 64.6 Å². The van der Waals surface area contributed by atoms with Crippen LogP contribution in [0.5, 0.6) is 0 Å². The summed E-state index contributed by atoms with van der Waals surface area (Å²) in [5.41, 5.74) is 4.53. The van der Waals surface area contributed by atoms with Gasteiger partial charge < -0.3 is 4.90 Å². The highest BCUT2D eigenvalue weighted by atomic mass is 32.2. The summed E-state index contributed by atoms with van der Waals surface area (Å²) in [4.78, 5) is 6.93. The number of aromatic nitrogens is 3. The fourth-order valence-electron chi connectivity index (χ4n) is 4.19. The number of benzene rings is 1. The van der Waals surface area contributed by atoms with Crippen LogP contribution in [0.15, 0.2) is 48.8 Å². The molecule has 0 radical (unpaired) electrons. The Balaban J connectivity index is 1.61. The SMILES string of the molecule is CCCC(C)(c1ccc(N2CCN(SC)CC2)cc1)c1cc2ncccn2n1. The third-order valence-corrected chi connectivity index (χ3v) is 6.80. The molecular formula is C22H29N5S. The Labute approximate surface area is 171 Å². The molecule has 0 saturated carbocycles. The van der Waals surface area contributed by atoms with Gasteiger partial charge in [-0.3, -0.25) is 0 Å². The third-order valence-electron chi connectivity index (χ3n) is 5.92. The molecule has 0 spiro atoms. The quantitative estimate of drug-likeness (QED) is 0.584. The summed E-state index contributed by atoms with van der Waals surface area (Å²) >= 11 is 1.85. The molecule has 4 rings (SSSR count). The van der Waals surface area contributed by atoms with E-state index in [1.807, 2.05) is 34.9 Å². The molecule has 1 unspecified atom stereocenters. The minimum atomic E-state index is -0.113. The standard InChI is InChI=1S/C22H29N5S/c1-4-10-22(2,20-17-21-23-11-5-12-27(21)24-20)18-6-8-19(9-7-18)25-13-15-26(28-3)16-14-25/h5-9,11-12,17H,4,10,13-16H2,1-3H3. The highest BCUT2D eigenvalue weighted by Gasteiger charge is 2.31. The van der Waals surface area contributed by atoms with Gasteiger partial charge in [0.15, 0.2) is 5.65 Å². The normalized spacial score (nSPS) is 17.8. The first-order valence-corrected chi connectivity index (χ1v) is 11.3. The summed E-state index contributed by atoms with van der Waals surface area (Å²) in [5, 5.41) is 4.85. The number of nitrogens with zero attached hydrogens (tertiary/aromatic N) is 5. The fraction of sp³-hybridized carbons (Fsp3) is 0.455. The predicted octanol–water partition coefficient (Wildman–Crippen LogP) is 4.24. The van der Waals surface area contributed by atoms with Crippen LogP contribution in [0.2, 0.25) is 0 Å². The van der Waals surface area contributed by atoms with Crippen molar-refractivity contribution < 1.29 is 0 Å². The van der Waals surface area contributed by atoms with Crippen LogP contribution in [0.3, 0.4) is 0 Å². The monoisotopic (exact) mass is 395 g/mol. The fourth-order valence-corrected chi connectivity index (χ4v) is 4.72. The molecule has 2 aromatic heterocycles. The van der Waals surface area contributed by atoms with Crippen molar-refractivity contribution in [3.05, 3.63) is 60.0 Å². The molecule has 148 valence electrons. The molecule has 3 aromatic rings. The van der Waals surface area contributed by atoms with Crippen molar-refractivity contribution in [2.24, 2.45) is 0 Å². The summed E-state index contributed by atoms with van der Waals surface area (Å²) in [6.07, 6.45) is 8.12. The molecule has 1 atom stereocenters. The second-order valence-electron chi connectivity index (χ2n) is 7.68. The molecule has 28 heavy (non-hydrogen) atoms. The molecule has 0 aliphatic carbocycles. The molecule has 0 N–H and O–H groups in total. The molecule has 0 amide bonds. The zero-order chi connectivity index (χ0) is 19.6. The van der Waals surface area contributed by atoms with E-state index >= 15 is 0 Å². The smallest absolute Gasteiger partial charge is 0.155 e. The zero-order valence-electron chi connectivity index (χ0n) is 17.0. The lowest BCUT2D eigenvalue weighted by atomic mass is 9.76. The van der Waals surface area contributed by atoms with Crippen molar-refractivity contribution in [1.82, 2.24) is 18.9 Å². The Bertz CT molecular complexity index is 881. The molecule has 5 nitrogen and oxygen atoms in total. The first-order chi connectivity index (χ1) is 13.6. The van der Waals surface area contributed by atoms with Crippen molar-refractivity contribution in [2.45, 2.75) is 32.1 Å². The number of hydrogen-bond donors (Lipinski definition) is 0. The molecule has 1 aliphatic heterocycles. The molecular weight excluding hydrogens is 366 g/mol. The van der Waals surface area contributed by atoms with Crippen molar-refractivity contribution in [2.75, 3.05) is 37.3 Å². The third kappa shape index (κ3) is 3.63. The van der Waals surface area contributed by atoms with Gasteiger partial charge in [-0.1, -0.05) is 37.4 Å². The lowest BCUT2D eigenvalue weighted by Gasteiger charge is -2.35. The number of piperazine rings is 1. The predicted molar refractivity (Wildman–Crippen MR) is 118 cm³/mol. The number of fused-ring (bicyclic) bond motifs is 1. The van der Waals surface area contributed by atoms with Crippen LogP contribution in [0.4, 0.5) is 5.69 Å². The van der Waals surface area contributed by atoms with Crippen LogP contribution in [0.1, 0.15) is 37.9 Å². The maximum Gasteiger partial charge on any atom is 0.155 e. The van der Waals surface area contributed by atoms with Crippen molar-refractivity contribution in [3.63, 3.8) is 0 Å². The van der Waals surface area contributed by atoms with Crippen molar-refractivity contribution in [3.8, 4) is 0 Å². The van der Waals surface area contributed by atoms with E-state index in [4.69, 9.17) is 5.10 Å². The van der Waals surface area contributed by atoms with Gasteiger partial charge in [0.2, 0.25) is 0 Å². The molecule has 1 saturated heterocycles. The van der Waals surface area contributed by atoms with E-state index in [0.717, 1.165) is 50.4 Å². The minimum Gasteiger partial charge on any atom is -0.369 e. The number of rotatable bonds is 6. The molecule has 1 aliphatic rings. The van der Waals surface area contributed by atoms with E-state index in [0.29, 0.717) is 0 Å². The van der Waals surface area contributed by atoms with E-state index in [1.54, 1.807) is 0 Å². The van der Waals surface area contributed by atoms with E-state index < -0.39 is 0 Å². The molecule has 6 heteroatoms. The molecule has 1 aromatic carbocycles. The Hall–Kier alpha value is -2.05. The Morgan fingerprint density at radius 2 is 1.86 bits per heavy atom. The first-order valence-electron chi connectivity index (χ1n) is 10.1. The van der Waals surface area contributed by atoms with Crippen LogP contribution >= 0.6 is 11.9 Å². The lowest BCUT2D eigenvalue weighted by Crippen LogP contribution is -2.43. The first kappa shape index (κ1) is 19.3. The van der Waals surface area contributed by atoms with Crippen molar-refractivity contribution in [1.29, 1.82) is 0 Å². The van der Waals surface area contributed by atoms with Gasteiger partial charge in [0, 0.05) is 55.7 Å². The Morgan fingerprint density at radius 1 is 1.11 bits per heavy atom. The van der Waals surface area contributed by atoms with E-state index in [1.165, 1.54) is 11.3 Å². The lowest BCUT2D eigenvalue weighted by molar-refractivity contribution is 0.431. The highest BCUT2D eigenvalue weighted by molar-refractivity contribution is 7.96. The summed E-state index contributed by atoms with van der Waals surface area (Å²) in [5.74, 6) is 0.